The average molecular weight is 292 g/mol. The summed E-state index contributed by atoms with van der Waals surface area (Å²) < 4.78 is 11.1. The van der Waals surface area contributed by atoms with Crippen molar-refractivity contribution in [1.29, 1.82) is 0 Å². The zero-order chi connectivity index (χ0) is 14.7. The predicted molar refractivity (Wildman–Crippen MR) is 75.0 cm³/mol. The maximum absolute atomic E-state index is 5.87. The molecule has 1 aliphatic rings. The molecule has 1 atom stereocenters. The molecule has 2 aromatic rings. The Bertz CT molecular complexity index is 575. The lowest BCUT2D eigenvalue weighted by Crippen LogP contribution is -2.20. The van der Waals surface area contributed by atoms with Crippen molar-refractivity contribution in [2.24, 2.45) is 5.92 Å². The van der Waals surface area contributed by atoms with Crippen LogP contribution in [0.1, 0.15) is 51.0 Å². The average Bonchev–Trinajstić information content (AvgIpc) is 3.14. The first-order valence-electron chi connectivity index (χ1n) is 7.41. The van der Waals surface area contributed by atoms with Gasteiger partial charge < -0.3 is 15.0 Å². The molecule has 0 bridgehead atoms. The van der Waals surface area contributed by atoms with E-state index in [-0.39, 0.29) is 17.9 Å². The fourth-order valence-corrected chi connectivity index (χ4v) is 2.85. The topological polar surface area (TPSA) is 116 Å². The van der Waals surface area contributed by atoms with E-state index in [1.54, 1.807) is 0 Å². The van der Waals surface area contributed by atoms with Gasteiger partial charge in [0.15, 0.2) is 0 Å². The van der Waals surface area contributed by atoms with E-state index in [1.165, 1.54) is 19.3 Å². The summed E-state index contributed by atoms with van der Waals surface area (Å²) in [4.78, 5) is 8.38. The molecule has 1 fully saturated rings. The second kappa shape index (κ2) is 6.21. The van der Waals surface area contributed by atoms with Crippen LogP contribution in [0.2, 0.25) is 0 Å². The highest BCUT2D eigenvalue weighted by atomic mass is 16.5. The normalized spacial score (nSPS) is 18.0. The third-order valence-corrected chi connectivity index (χ3v) is 3.83. The molecule has 0 saturated heterocycles. The van der Waals surface area contributed by atoms with Crippen molar-refractivity contribution in [2.75, 3.05) is 12.3 Å². The number of nitrogens with two attached hydrogens (primary N) is 1. The molecule has 114 valence electrons. The smallest absolute Gasteiger partial charge is 0.295 e. The van der Waals surface area contributed by atoms with Crippen LogP contribution in [0, 0.1) is 5.92 Å². The lowest BCUT2D eigenvalue weighted by atomic mass is 9.85. The maximum Gasteiger partial charge on any atom is 0.295 e. The Morgan fingerprint density at radius 3 is 2.81 bits per heavy atom. The number of anilines is 1. The van der Waals surface area contributed by atoms with E-state index in [0.29, 0.717) is 24.2 Å². The summed E-state index contributed by atoms with van der Waals surface area (Å²) in [5, 5.41) is 10.5. The highest BCUT2D eigenvalue weighted by molar-refractivity contribution is 5.41. The van der Waals surface area contributed by atoms with Gasteiger partial charge in [0.1, 0.15) is 6.10 Å². The number of aromatic amines is 1. The number of nitrogen functional groups attached to an aromatic ring is 1. The molecule has 1 saturated carbocycles. The van der Waals surface area contributed by atoms with Gasteiger partial charge in [-0.3, -0.25) is 5.10 Å². The molecule has 1 aliphatic carbocycles. The number of H-pyrrole nitrogens is 1. The highest BCUT2D eigenvalue weighted by Gasteiger charge is 2.30. The van der Waals surface area contributed by atoms with Gasteiger partial charge in [0.25, 0.3) is 5.89 Å². The van der Waals surface area contributed by atoms with Crippen LogP contribution in [0.25, 0.3) is 11.7 Å². The van der Waals surface area contributed by atoms with Gasteiger partial charge in [-0.2, -0.15) is 9.97 Å². The summed E-state index contributed by atoms with van der Waals surface area (Å²) in [6.45, 7) is 2.61. The highest BCUT2D eigenvalue weighted by Crippen LogP contribution is 2.36. The Morgan fingerprint density at radius 1 is 1.33 bits per heavy atom. The zero-order valence-electron chi connectivity index (χ0n) is 12.1. The standard InChI is InChI=1S/C13H20N6O2/c1-2-20-9(8-6-4-3-5-7-8)10-15-12(21-19-10)11-16-13(14)18-17-11/h8-9H,2-7H2,1H3,(H3,14,16,17,18). The molecule has 1 unspecified atom stereocenters. The molecule has 21 heavy (non-hydrogen) atoms. The third kappa shape index (κ3) is 3.05. The van der Waals surface area contributed by atoms with E-state index in [4.69, 9.17) is 15.0 Å². The van der Waals surface area contributed by atoms with Gasteiger partial charge in [0.05, 0.1) is 0 Å². The lowest BCUT2D eigenvalue weighted by molar-refractivity contribution is -0.00145. The molecule has 3 N–H and O–H groups in total. The maximum atomic E-state index is 5.87. The zero-order valence-corrected chi connectivity index (χ0v) is 12.1. The number of hydrogen-bond acceptors (Lipinski definition) is 7. The minimum Gasteiger partial charge on any atom is -0.370 e. The Hall–Kier alpha value is -1.96. The summed E-state index contributed by atoms with van der Waals surface area (Å²) in [5.74, 6) is 1.84. The van der Waals surface area contributed by atoms with E-state index in [2.05, 4.69) is 25.3 Å². The van der Waals surface area contributed by atoms with Crippen LogP contribution in [0.15, 0.2) is 4.52 Å². The van der Waals surface area contributed by atoms with Gasteiger partial charge in [-0.05, 0) is 25.7 Å². The van der Waals surface area contributed by atoms with Crippen LogP contribution in [0.4, 0.5) is 5.95 Å². The van der Waals surface area contributed by atoms with Crippen LogP contribution in [0.3, 0.4) is 0 Å². The van der Waals surface area contributed by atoms with Crippen LogP contribution >= 0.6 is 0 Å². The number of nitrogens with zero attached hydrogens (tertiary/aromatic N) is 4. The van der Waals surface area contributed by atoms with Gasteiger partial charge in [0.2, 0.25) is 17.6 Å². The van der Waals surface area contributed by atoms with Crippen LogP contribution in [-0.2, 0) is 4.74 Å². The number of aromatic nitrogens is 5. The van der Waals surface area contributed by atoms with Crippen molar-refractivity contribution in [3.63, 3.8) is 0 Å². The molecule has 0 radical (unpaired) electrons. The third-order valence-electron chi connectivity index (χ3n) is 3.83. The van der Waals surface area contributed by atoms with Crippen LogP contribution in [0.5, 0.6) is 0 Å². The predicted octanol–water partition coefficient (Wildman–Crippen LogP) is 2.09. The first kappa shape index (κ1) is 14.0. The molecular formula is C13H20N6O2. The van der Waals surface area contributed by atoms with Gasteiger partial charge >= 0.3 is 0 Å². The molecule has 8 nitrogen and oxygen atoms in total. The number of hydrogen-bond donors (Lipinski definition) is 2. The largest absolute Gasteiger partial charge is 0.370 e. The number of ether oxygens (including phenoxy) is 1. The van der Waals surface area contributed by atoms with Crippen molar-refractivity contribution < 1.29 is 9.26 Å². The first-order chi connectivity index (χ1) is 10.3. The Balaban J connectivity index is 1.81. The summed E-state index contributed by atoms with van der Waals surface area (Å²) in [6.07, 6.45) is 5.93. The Labute approximate surface area is 122 Å². The molecule has 3 rings (SSSR count). The van der Waals surface area contributed by atoms with Crippen molar-refractivity contribution in [1.82, 2.24) is 25.3 Å². The first-order valence-corrected chi connectivity index (χ1v) is 7.41. The molecule has 2 aromatic heterocycles. The Morgan fingerprint density at radius 2 is 2.14 bits per heavy atom. The molecule has 0 amide bonds. The molecular weight excluding hydrogens is 272 g/mol. The van der Waals surface area contributed by atoms with E-state index in [9.17, 15) is 0 Å². The summed E-state index contributed by atoms with van der Waals surface area (Å²) in [6, 6.07) is 0. The monoisotopic (exact) mass is 292 g/mol. The molecule has 0 aromatic carbocycles. The summed E-state index contributed by atoms with van der Waals surface area (Å²) in [5.41, 5.74) is 5.48. The van der Waals surface area contributed by atoms with E-state index < -0.39 is 0 Å². The van der Waals surface area contributed by atoms with Crippen molar-refractivity contribution in [3.8, 4) is 11.7 Å². The van der Waals surface area contributed by atoms with Crippen LogP contribution in [-0.4, -0.2) is 31.9 Å². The quantitative estimate of drug-likeness (QED) is 0.866. The lowest BCUT2D eigenvalue weighted by Gasteiger charge is -2.27. The fourth-order valence-electron chi connectivity index (χ4n) is 2.85. The molecule has 0 spiro atoms. The summed E-state index contributed by atoms with van der Waals surface area (Å²) in [7, 11) is 0. The van der Waals surface area contributed by atoms with Crippen molar-refractivity contribution in [2.45, 2.75) is 45.1 Å². The Kier molecular flexibility index (Phi) is 4.14. The summed E-state index contributed by atoms with van der Waals surface area (Å²) >= 11 is 0. The minimum atomic E-state index is -0.118. The van der Waals surface area contributed by atoms with Crippen molar-refractivity contribution in [3.05, 3.63) is 5.82 Å². The second-order valence-corrected chi connectivity index (χ2v) is 5.27. The van der Waals surface area contributed by atoms with E-state index in [1.807, 2.05) is 6.92 Å². The van der Waals surface area contributed by atoms with Crippen molar-refractivity contribution >= 4 is 5.95 Å². The van der Waals surface area contributed by atoms with E-state index >= 15 is 0 Å². The second-order valence-electron chi connectivity index (χ2n) is 5.27. The SMILES string of the molecule is CCOC(c1noc(-c2nc(N)n[nH]2)n1)C1CCCCC1. The minimum absolute atomic E-state index is 0.118. The molecule has 2 heterocycles. The molecule has 0 aliphatic heterocycles. The molecule has 8 heteroatoms. The number of rotatable bonds is 5. The number of nitrogens with one attached hydrogen (secondary N) is 1. The van der Waals surface area contributed by atoms with E-state index in [0.717, 1.165) is 12.8 Å². The van der Waals surface area contributed by atoms with Gasteiger partial charge in [-0.15, -0.1) is 5.10 Å². The van der Waals surface area contributed by atoms with Gasteiger partial charge in [0, 0.05) is 6.61 Å². The fraction of sp³-hybridized carbons (Fsp3) is 0.692. The van der Waals surface area contributed by atoms with Gasteiger partial charge in [-0.25, -0.2) is 0 Å². The van der Waals surface area contributed by atoms with Gasteiger partial charge in [-0.1, -0.05) is 24.4 Å². The van der Waals surface area contributed by atoms with Crippen LogP contribution < -0.4 is 5.73 Å².